The molecule has 3 rings (SSSR count). The average Bonchev–Trinajstić information content (AvgIpc) is 2.80. The highest BCUT2D eigenvalue weighted by atomic mass is 127. The number of halogens is 1. The molecule has 0 spiro atoms. The smallest absolute Gasteiger partial charge is 0.251 e. The molecule has 1 amide bonds. The lowest BCUT2D eigenvalue weighted by Gasteiger charge is -2.48. The van der Waals surface area contributed by atoms with Gasteiger partial charge in [0.05, 0.1) is 0 Å². The Bertz CT molecular complexity index is 697. The third kappa shape index (κ3) is 6.57. The van der Waals surface area contributed by atoms with Gasteiger partial charge in [0.1, 0.15) is 0 Å². The number of rotatable bonds is 6. The SMILES string of the molecule is CN=C(NCc1cccc(C(=O)NC)c1)NCC1(N2CCCCC2)CCCCC1.I. The summed E-state index contributed by atoms with van der Waals surface area (Å²) in [5.74, 6) is 0.771. The number of nitrogens with zero attached hydrogens (tertiary/aromatic N) is 2. The molecule has 30 heavy (non-hydrogen) atoms. The molecule has 7 heteroatoms. The number of hydrogen-bond acceptors (Lipinski definition) is 3. The lowest BCUT2D eigenvalue weighted by Crippen LogP contribution is -2.59. The van der Waals surface area contributed by atoms with Crippen molar-refractivity contribution in [3.63, 3.8) is 0 Å². The van der Waals surface area contributed by atoms with Crippen LogP contribution in [-0.2, 0) is 6.54 Å². The second kappa shape index (κ2) is 12.5. The van der Waals surface area contributed by atoms with E-state index in [2.05, 4.69) is 25.8 Å². The van der Waals surface area contributed by atoms with E-state index in [1.54, 1.807) is 7.05 Å². The minimum absolute atomic E-state index is 0. The monoisotopic (exact) mass is 527 g/mol. The summed E-state index contributed by atoms with van der Waals surface area (Å²) in [5, 5.41) is 9.71. The standard InChI is InChI=1S/C23H37N5O.HI/c1-24-21(29)20-11-9-10-19(16-20)17-26-22(25-2)27-18-23(12-5-3-6-13-23)28-14-7-4-8-15-28;/h9-11,16H,3-8,12-15,17-18H2,1-2H3,(H,24,29)(H2,25,26,27);1H. The van der Waals surface area contributed by atoms with E-state index in [0.717, 1.165) is 18.1 Å². The number of likely N-dealkylation sites (tertiary alicyclic amines) is 1. The van der Waals surface area contributed by atoms with Crippen molar-refractivity contribution >= 4 is 35.8 Å². The van der Waals surface area contributed by atoms with Crippen molar-refractivity contribution in [2.45, 2.75) is 63.5 Å². The summed E-state index contributed by atoms with van der Waals surface area (Å²) in [4.78, 5) is 19.0. The summed E-state index contributed by atoms with van der Waals surface area (Å²) < 4.78 is 0. The first kappa shape index (κ1) is 24.9. The van der Waals surface area contributed by atoms with Crippen molar-refractivity contribution in [3.8, 4) is 0 Å². The molecule has 1 saturated heterocycles. The Hall–Kier alpha value is -1.35. The Morgan fingerprint density at radius 3 is 2.43 bits per heavy atom. The van der Waals surface area contributed by atoms with Gasteiger partial charge in [-0.25, -0.2) is 0 Å². The highest BCUT2D eigenvalue weighted by Gasteiger charge is 2.38. The van der Waals surface area contributed by atoms with Crippen LogP contribution in [0.3, 0.4) is 0 Å². The second-order valence-electron chi connectivity index (χ2n) is 8.39. The van der Waals surface area contributed by atoms with Gasteiger partial charge in [-0.2, -0.15) is 0 Å². The van der Waals surface area contributed by atoms with E-state index in [1.165, 1.54) is 64.5 Å². The molecule has 0 aromatic heterocycles. The molecule has 1 saturated carbocycles. The molecule has 1 aliphatic carbocycles. The van der Waals surface area contributed by atoms with Gasteiger partial charge < -0.3 is 16.0 Å². The van der Waals surface area contributed by atoms with Gasteiger partial charge in [0.2, 0.25) is 0 Å². The van der Waals surface area contributed by atoms with Crippen LogP contribution in [0.4, 0.5) is 0 Å². The quantitative estimate of drug-likeness (QED) is 0.301. The lowest BCUT2D eigenvalue weighted by molar-refractivity contribution is 0.0368. The molecule has 2 fully saturated rings. The molecule has 6 nitrogen and oxygen atoms in total. The van der Waals surface area contributed by atoms with Gasteiger partial charge >= 0.3 is 0 Å². The fraction of sp³-hybridized carbons (Fsp3) is 0.652. The first-order valence-corrected chi connectivity index (χ1v) is 11.2. The number of piperidine rings is 1. The van der Waals surface area contributed by atoms with Crippen molar-refractivity contribution in [1.82, 2.24) is 20.9 Å². The van der Waals surface area contributed by atoms with Crippen molar-refractivity contribution in [1.29, 1.82) is 0 Å². The van der Waals surface area contributed by atoms with E-state index in [-0.39, 0.29) is 35.4 Å². The Morgan fingerprint density at radius 2 is 1.77 bits per heavy atom. The molecule has 0 unspecified atom stereocenters. The molecule has 0 radical (unpaired) electrons. The fourth-order valence-electron chi connectivity index (χ4n) is 4.80. The van der Waals surface area contributed by atoms with Crippen LogP contribution in [0.15, 0.2) is 29.3 Å². The van der Waals surface area contributed by atoms with Crippen LogP contribution < -0.4 is 16.0 Å². The highest BCUT2D eigenvalue weighted by Crippen LogP contribution is 2.35. The first-order valence-electron chi connectivity index (χ1n) is 11.2. The van der Waals surface area contributed by atoms with Crippen LogP contribution in [0.1, 0.15) is 67.3 Å². The Labute approximate surface area is 198 Å². The van der Waals surface area contributed by atoms with E-state index in [9.17, 15) is 4.79 Å². The Kier molecular flexibility index (Phi) is 10.4. The van der Waals surface area contributed by atoms with Crippen LogP contribution in [0.25, 0.3) is 0 Å². The number of carbonyl (C=O) groups is 1. The third-order valence-corrected chi connectivity index (χ3v) is 6.50. The Morgan fingerprint density at radius 1 is 1.07 bits per heavy atom. The van der Waals surface area contributed by atoms with Crippen LogP contribution >= 0.6 is 24.0 Å². The van der Waals surface area contributed by atoms with Crippen LogP contribution in [0.5, 0.6) is 0 Å². The molecule has 1 aliphatic heterocycles. The number of amides is 1. The van der Waals surface area contributed by atoms with E-state index in [4.69, 9.17) is 0 Å². The first-order chi connectivity index (χ1) is 14.2. The predicted molar refractivity (Wildman–Crippen MR) is 135 cm³/mol. The molecule has 2 aliphatic rings. The maximum absolute atomic E-state index is 11.9. The van der Waals surface area contributed by atoms with Crippen LogP contribution in [0.2, 0.25) is 0 Å². The summed E-state index contributed by atoms with van der Waals surface area (Å²) in [5.41, 5.74) is 2.02. The van der Waals surface area contributed by atoms with E-state index < -0.39 is 0 Å². The lowest BCUT2D eigenvalue weighted by atomic mass is 9.79. The molecule has 1 heterocycles. The van der Waals surface area contributed by atoms with Gasteiger partial charge in [-0.15, -0.1) is 24.0 Å². The van der Waals surface area contributed by atoms with Gasteiger partial charge in [-0.05, 0) is 56.5 Å². The number of nitrogens with one attached hydrogen (secondary N) is 3. The predicted octanol–water partition coefficient (Wildman–Crippen LogP) is 3.52. The summed E-state index contributed by atoms with van der Waals surface area (Å²) in [6.45, 7) is 4.06. The number of carbonyl (C=O) groups excluding carboxylic acids is 1. The summed E-state index contributed by atoms with van der Waals surface area (Å²) >= 11 is 0. The number of hydrogen-bond donors (Lipinski definition) is 3. The maximum atomic E-state index is 11.9. The zero-order valence-electron chi connectivity index (χ0n) is 18.5. The molecular weight excluding hydrogens is 489 g/mol. The summed E-state index contributed by atoms with van der Waals surface area (Å²) in [6.07, 6.45) is 10.6. The summed E-state index contributed by atoms with van der Waals surface area (Å²) in [6, 6.07) is 7.71. The average molecular weight is 527 g/mol. The van der Waals surface area contributed by atoms with Gasteiger partial charge in [0.25, 0.3) is 5.91 Å². The number of benzene rings is 1. The van der Waals surface area contributed by atoms with Crippen LogP contribution in [0, 0.1) is 0 Å². The molecular formula is C23H38IN5O. The molecule has 1 aromatic rings. The maximum Gasteiger partial charge on any atom is 0.251 e. The topological polar surface area (TPSA) is 68.8 Å². The van der Waals surface area contributed by atoms with Crippen LogP contribution in [-0.4, -0.2) is 56.0 Å². The molecule has 1 aromatic carbocycles. The van der Waals surface area contributed by atoms with Gasteiger partial charge in [-0.3, -0.25) is 14.7 Å². The Balaban J connectivity index is 0.00000320. The second-order valence-corrected chi connectivity index (χ2v) is 8.39. The molecule has 3 N–H and O–H groups in total. The van der Waals surface area contributed by atoms with Crippen molar-refractivity contribution in [2.75, 3.05) is 33.7 Å². The van der Waals surface area contributed by atoms with E-state index in [1.807, 2.05) is 31.3 Å². The van der Waals surface area contributed by atoms with Gasteiger partial charge in [-0.1, -0.05) is 37.8 Å². The fourth-order valence-corrected chi connectivity index (χ4v) is 4.80. The van der Waals surface area contributed by atoms with E-state index >= 15 is 0 Å². The zero-order valence-corrected chi connectivity index (χ0v) is 20.8. The minimum Gasteiger partial charge on any atom is -0.355 e. The highest BCUT2D eigenvalue weighted by molar-refractivity contribution is 14.0. The van der Waals surface area contributed by atoms with E-state index in [0.29, 0.717) is 12.1 Å². The molecule has 168 valence electrons. The van der Waals surface area contributed by atoms with Gasteiger partial charge in [0.15, 0.2) is 5.96 Å². The van der Waals surface area contributed by atoms with Crippen molar-refractivity contribution in [2.24, 2.45) is 4.99 Å². The van der Waals surface area contributed by atoms with Gasteiger partial charge in [0, 0.05) is 38.3 Å². The zero-order chi connectivity index (χ0) is 20.5. The van der Waals surface area contributed by atoms with Crippen molar-refractivity contribution < 1.29 is 4.79 Å². The normalized spacial score (nSPS) is 19.5. The molecule has 0 bridgehead atoms. The van der Waals surface area contributed by atoms with Crippen molar-refractivity contribution in [3.05, 3.63) is 35.4 Å². The number of aliphatic imine (C=N–C) groups is 1. The molecule has 0 atom stereocenters. The largest absolute Gasteiger partial charge is 0.355 e. The minimum atomic E-state index is -0.0601. The number of guanidine groups is 1. The third-order valence-electron chi connectivity index (χ3n) is 6.50. The summed E-state index contributed by atoms with van der Waals surface area (Å²) in [7, 11) is 3.48.